The third kappa shape index (κ3) is 4.89. The van der Waals surface area contributed by atoms with E-state index in [4.69, 9.17) is 9.47 Å². The molecule has 0 spiro atoms. The number of ether oxygens (including phenoxy) is 2. The predicted molar refractivity (Wildman–Crippen MR) is 105 cm³/mol. The lowest BCUT2D eigenvalue weighted by molar-refractivity contribution is -0.136. The Balaban J connectivity index is 2.32. The van der Waals surface area contributed by atoms with Gasteiger partial charge in [-0.3, -0.25) is 9.69 Å². The van der Waals surface area contributed by atoms with Gasteiger partial charge in [-0.2, -0.15) is 0 Å². The Morgan fingerprint density at radius 1 is 1.21 bits per heavy atom. The molecule has 0 fully saturated rings. The molecule has 3 amide bonds. The maximum absolute atomic E-state index is 12.6. The molecule has 8 nitrogen and oxygen atoms in total. The van der Waals surface area contributed by atoms with Crippen LogP contribution in [0, 0.1) is 0 Å². The van der Waals surface area contributed by atoms with Crippen molar-refractivity contribution in [2.75, 3.05) is 32.7 Å². The summed E-state index contributed by atoms with van der Waals surface area (Å²) in [6.07, 6.45) is 1.77. The number of urea groups is 1. The van der Waals surface area contributed by atoms with Crippen molar-refractivity contribution in [2.24, 2.45) is 0 Å². The highest BCUT2D eigenvalue weighted by Crippen LogP contribution is 2.32. The molecule has 1 atom stereocenters. The zero-order valence-corrected chi connectivity index (χ0v) is 16.7. The number of esters is 1. The number of amides is 3. The first-order chi connectivity index (χ1) is 13.4. The van der Waals surface area contributed by atoms with Crippen LogP contribution in [0.15, 0.2) is 35.5 Å². The summed E-state index contributed by atoms with van der Waals surface area (Å²) in [7, 11) is 2.77. The second-order valence-electron chi connectivity index (χ2n) is 6.48. The van der Waals surface area contributed by atoms with Gasteiger partial charge in [0, 0.05) is 25.0 Å². The standard InChI is InChI=1S/C20H27N3O5/c1-5-6-11-23-13(2)17(19(25)28-4)18(22-20(23)26)14-7-9-15(10-8-14)21-16(24)12-27-3/h7-10,18H,5-6,11-12H2,1-4H3,(H,21,24)(H,22,26). The van der Waals surface area contributed by atoms with Gasteiger partial charge in [-0.25, -0.2) is 9.59 Å². The van der Waals surface area contributed by atoms with Crippen LogP contribution >= 0.6 is 0 Å². The number of allylic oxidation sites excluding steroid dienone is 1. The summed E-state index contributed by atoms with van der Waals surface area (Å²) in [6.45, 7) is 4.29. The number of nitrogens with zero attached hydrogens (tertiary/aromatic N) is 1. The molecule has 2 rings (SSSR count). The molecular weight excluding hydrogens is 362 g/mol. The number of benzene rings is 1. The van der Waals surface area contributed by atoms with Crippen LogP contribution in [0.5, 0.6) is 0 Å². The van der Waals surface area contributed by atoms with E-state index in [9.17, 15) is 14.4 Å². The second-order valence-corrected chi connectivity index (χ2v) is 6.48. The van der Waals surface area contributed by atoms with Crippen LogP contribution in [0.3, 0.4) is 0 Å². The first-order valence-corrected chi connectivity index (χ1v) is 9.18. The van der Waals surface area contributed by atoms with E-state index in [-0.39, 0.29) is 18.5 Å². The summed E-state index contributed by atoms with van der Waals surface area (Å²) >= 11 is 0. The fourth-order valence-corrected chi connectivity index (χ4v) is 3.08. The molecule has 1 aliphatic rings. The lowest BCUT2D eigenvalue weighted by Crippen LogP contribution is -2.48. The molecule has 0 aliphatic carbocycles. The largest absolute Gasteiger partial charge is 0.466 e. The van der Waals surface area contributed by atoms with Gasteiger partial charge < -0.3 is 20.1 Å². The zero-order valence-electron chi connectivity index (χ0n) is 16.7. The summed E-state index contributed by atoms with van der Waals surface area (Å²) in [5.74, 6) is -0.750. The van der Waals surface area contributed by atoms with Gasteiger partial charge in [0.2, 0.25) is 5.91 Å². The lowest BCUT2D eigenvalue weighted by atomic mass is 9.94. The van der Waals surface area contributed by atoms with Crippen LogP contribution in [0.2, 0.25) is 0 Å². The number of rotatable bonds is 8. The number of hydrogen-bond donors (Lipinski definition) is 2. The van der Waals surface area contributed by atoms with E-state index in [0.717, 1.165) is 12.8 Å². The topological polar surface area (TPSA) is 97.0 Å². The van der Waals surface area contributed by atoms with Crippen molar-refractivity contribution >= 4 is 23.6 Å². The summed E-state index contributed by atoms with van der Waals surface area (Å²) in [5.41, 5.74) is 2.30. The first kappa shape index (κ1) is 21.4. The molecule has 152 valence electrons. The van der Waals surface area contributed by atoms with Crippen molar-refractivity contribution in [3.63, 3.8) is 0 Å². The van der Waals surface area contributed by atoms with Crippen molar-refractivity contribution in [2.45, 2.75) is 32.7 Å². The molecule has 0 bridgehead atoms. The molecule has 1 aromatic carbocycles. The number of unbranched alkanes of at least 4 members (excludes halogenated alkanes) is 1. The molecule has 8 heteroatoms. The van der Waals surface area contributed by atoms with Crippen LogP contribution < -0.4 is 10.6 Å². The van der Waals surface area contributed by atoms with Gasteiger partial charge in [-0.15, -0.1) is 0 Å². The van der Waals surface area contributed by atoms with E-state index in [1.165, 1.54) is 14.2 Å². The van der Waals surface area contributed by atoms with Crippen LogP contribution in [0.1, 0.15) is 38.3 Å². The van der Waals surface area contributed by atoms with E-state index in [1.807, 2.05) is 6.92 Å². The molecule has 1 aromatic rings. The number of methoxy groups -OCH3 is 2. The molecular formula is C20H27N3O5. The Labute approximate surface area is 164 Å². The van der Waals surface area contributed by atoms with Crippen molar-refractivity contribution in [1.82, 2.24) is 10.2 Å². The van der Waals surface area contributed by atoms with Crippen LogP contribution in [0.25, 0.3) is 0 Å². The fourth-order valence-electron chi connectivity index (χ4n) is 3.08. The molecule has 1 unspecified atom stereocenters. The Bertz CT molecular complexity index is 758. The minimum absolute atomic E-state index is 0.0392. The molecule has 1 heterocycles. The molecule has 0 radical (unpaired) electrons. The third-order valence-electron chi connectivity index (χ3n) is 4.54. The smallest absolute Gasteiger partial charge is 0.337 e. The van der Waals surface area contributed by atoms with Gasteiger partial charge in [0.25, 0.3) is 0 Å². The molecule has 0 saturated heterocycles. The Kier molecular flexibility index (Phi) is 7.57. The van der Waals surface area contributed by atoms with Gasteiger partial charge in [0.05, 0.1) is 18.7 Å². The molecule has 2 N–H and O–H groups in total. The van der Waals surface area contributed by atoms with Crippen molar-refractivity contribution < 1.29 is 23.9 Å². The van der Waals surface area contributed by atoms with Gasteiger partial charge >= 0.3 is 12.0 Å². The maximum atomic E-state index is 12.6. The van der Waals surface area contributed by atoms with Crippen LogP contribution in [0.4, 0.5) is 10.5 Å². The number of nitrogens with one attached hydrogen (secondary N) is 2. The minimum atomic E-state index is -0.624. The average molecular weight is 389 g/mol. The number of carbonyl (C=O) groups excluding carboxylic acids is 3. The van der Waals surface area contributed by atoms with Crippen LogP contribution in [-0.4, -0.2) is 50.2 Å². The third-order valence-corrected chi connectivity index (χ3v) is 4.54. The van der Waals surface area contributed by atoms with E-state index in [1.54, 1.807) is 36.1 Å². The van der Waals surface area contributed by atoms with Gasteiger partial charge in [-0.1, -0.05) is 25.5 Å². The van der Waals surface area contributed by atoms with Gasteiger partial charge in [-0.05, 0) is 31.0 Å². The van der Waals surface area contributed by atoms with Crippen molar-refractivity contribution in [1.29, 1.82) is 0 Å². The van der Waals surface area contributed by atoms with E-state index < -0.39 is 12.0 Å². The van der Waals surface area contributed by atoms with E-state index in [0.29, 0.717) is 29.1 Å². The Morgan fingerprint density at radius 2 is 1.89 bits per heavy atom. The second kappa shape index (κ2) is 9.89. The van der Waals surface area contributed by atoms with E-state index in [2.05, 4.69) is 10.6 Å². The van der Waals surface area contributed by atoms with Gasteiger partial charge in [0.1, 0.15) is 6.61 Å². The number of carbonyl (C=O) groups is 3. The molecule has 0 saturated carbocycles. The highest BCUT2D eigenvalue weighted by atomic mass is 16.5. The maximum Gasteiger partial charge on any atom is 0.337 e. The van der Waals surface area contributed by atoms with Crippen LogP contribution in [-0.2, 0) is 19.1 Å². The SMILES string of the molecule is CCCCN1C(=O)NC(c2ccc(NC(=O)COC)cc2)C(C(=O)OC)=C1C. The minimum Gasteiger partial charge on any atom is -0.466 e. The number of hydrogen-bond acceptors (Lipinski definition) is 5. The fraction of sp³-hybridized carbons (Fsp3) is 0.450. The highest BCUT2D eigenvalue weighted by Gasteiger charge is 2.35. The highest BCUT2D eigenvalue weighted by molar-refractivity contribution is 5.95. The molecule has 28 heavy (non-hydrogen) atoms. The predicted octanol–water partition coefficient (Wildman–Crippen LogP) is 2.58. The Hall–Kier alpha value is -2.87. The normalized spacial score (nSPS) is 16.6. The average Bonchev–Trinajstić information content (AvgIpc) is 2.67. The quantitative estimate of drug-likeness (QED) is 0.666. The first-order valence-electron chi connectivity index (χ1n) is 9.18. The zero-order chi connectivity index (χ0) is 20.7. The van der Waals surface area contributed by atoms with Crippen molar-refractivity contribution in [3.8, 4) is 0 Å². The Morgan fingerprint density at radius 3 is 2.46 bits per heavy atom. The summed E-state index contributed by atoms with van der Waals surface area (Å²) < 4.78 is 9.74. The summed E-state index contributed by atoms with van der Waals surface area (Å²) in [6, 6.07) is 6.06. The summed E-state index contributed by atoms with van der Waals surface area (Å²) in [5, 5.41) is 5.59. The summed E-state index contributed by atoms with van der Waals surface area (Å²) in [4.78, 5) is 38.2. The van der Waals surface area contributed by atoms with Gasteiger partial charge in [0.15, 0.2) is 0 Å². The molecule has 0 aromatic heterocycles. The monoisotopic (exact) mass is 389 g/mol. The number of anilines is 1. The van der Waals surface area contributed by atoms with Crippen molar-refractivity contribution in [3.05, 3.63) is 41.1 Å². The van der Waals surface area contributed by atoms with E-state index >= 15 is 0 Å². The molecule has 1 aliphatic heterocycles. The lowest BCUT2D eigenvalue weighted by Gasteiger charge is -2.35.